The third-order valence-electron chi connectivity index (χ3n) is 1.37. The van der Waals surface area contributed by atoms with Crippen molar-refractivity contribution in [2.75, 3.05) is 13.6 Å². The first kappa shape index (κ1) is 9.25. The summed E-state index contributed by atoms with van der Waals surface area (Å²) in [4.78, 5) is 3.84. The van der Waals surface area contributed by atoms with E-state index in [2.05, 4.69) is 22.1 Å². The Bertz CT molecular complexity index is 379. The summed E-state index contributed by atoms with van der Waals surface area (Å²) in [7, 11) is 1.84. The number of nitriles is 1. The molecule has 0 fully saturated rings. The zero-order chi connectivity index (χ0) is 9.52. The van der Waals surface area contributed by atoms with Crippen LogP contribution in [-0.2, 0) is 0 Å². The average molecular weight is 171 g/mol. The van der Waals surface area contributed by atoms with Gasteiger partial charge in [-0.05, 0) is 19.2 Å². The highest BCUT2D eigenvalue weighted by Crippen LogP contribution is 1.97. The Morgan fingerprint density at radius 2 is 2.46 bits per heavy atom. The van der Waals surface area contributed by atoms with Crippen LogP contribution >= 0.6 is 0 Å². The van der Waals surface area contributed by atoms with Crippen molar-refractivity contribution in [1.82, 2.24) is 10.3 Å². The fraction of sp³-hybridized carbons (Fsp3) is 0.200. The SMILES string of the molecule is CNCC#Cc1ccnc(C#N)c1. The van der Waals surface area contributed by atoms with Crippen molar-refractivity contribution in [3.05, 3.63) is 29.6 Å². The van der Waals surface area contributed by atoms with E-state index in [-0.39, 0.29) is 0 Å². The van der Waals surface area contributed by atoms with Gasteiger partial charge in [0.05, 0.1) is 6.54 Å². The summed E-state index contributed by atoms with van der Waals surface area (Å²) in [6.07, 6.45) is 1.59. The van der Waals surface area contributed by atoms with Gasteiger partial charge < -0.3 is 5.32 Å². The predicted molar refractivity (Wildman–Crippen MR) is 49.8 cm³/mol. The maximum absolute atomic E-state index is 8.56. The van der Waals surface area contributed by atoms with Gasteiger partial charge in [0.25, 0.3) is 0 Å². The molecule has 0 unspecified atom stereocenters. The van der Waals surface area contributed by atoms with Gasteiger partial charge in [0.1, 0.15) is 11.8 Å². The molecule has 1 N–H and O–H groups in total. The minimum absolute atomic E-state index is 0.399. The summed E-state index contributed by atoms with van der Waals surface area (Å²) in [6, 6.07) is 5.41. The van der Waals surface area contributed by atoms with Gasteiger partial charge in [0, 0.05) is 11.8 Å². The zero-order valence-electron chi connectivity index (χ0n) is 7.33. The highest BCUT2D eigenvalue weighted by molar-refractivity contribution is 5.37. The molecule has 1 heterocycles. The van der Waals surface area contributed by atoms with E-state index in [0.717, 1.165) is 5.56 Å². The van der Waals surface area contributed by atoms with E-state index in [4.69, 9.17) is 5.26 Å². The number of aromatic nitrogens is 1. The summed E-state index contributed by atoms with van der Waals surface area (Å²) in [5.74, 6) is 5.82. The molecule has 0 radical (unpaired) electrons. The van der Waals surface area contributed by atoms with Crippen LogP contribution in [0.4, 0.5) is 0 Å². The van der Waals surface area contributed by atoms with Crippen LogP contribution in [0, 0.1) is 23.2 Å². The van der Waals surface area contributed by atoms with E-state index in [1.54, 1.807) is 18.3 Å². The molecule has 0 saturated carbocycles. The van der Waals surface area contributed by atoms with Gasteiger partial charge in [-0.15, -0.1) is 0 Å². The second-order valence-corrected chi connectivity index (χ2v) is 2.37. The molecule has 64 valence electrons. The van der Waals surface area contributed by atoms with Crippen molar-refractivity contribution >= 4 is 0 Å². The molecule has 0 spiro atoms. The fourth-order valence-electron chi connectivity index (χ4n) is 0.804. The largest absolute Gasteiger partial charge is 0.309 e. The number of hydrogen-bond acceptors (Lipinski definition) is 3. The fourth-order valence-corrected chi connectivity index (χ4v) is 0.804. The summed E-state index contributed by atoms with van der Waals surface area (Å²) in [5, 5.41) is 11.5. The molecule has 0 atom stereocenters. The molecule has 0 amide bonds. The Labute approximate surface area is 77.4 Å². The Kier molecular flexibility index (Phi) is 3.50. The first-order chi connectivity index (χ1) is 6.36. The van der Waals surface area contributed by atoms with Gasteiger partial charge >= 0.3 is 0 Å². The average Bonchev–Trinajstić information content (AvgIpc) is 2.19. The number of rotatable bonds is 1. The maximum Gasteiger partial charge on any atom is 0.141 e. The topological polar surface area (TPSA) is 48.7 Å². The number of nitrogens with zero attached hydrogens (tertiary/aromatic N) is 2. The molecule has 13 heavy (non-hydrogen) atoms. The molecule has 0 aliphatic heterocycles. The first-order valence-corrected chi connectivity index (χ1v) is 3.86. The van der Waals surface area contributed by atoms with Crippen molar-refractivity contribution in [3.8, 4) is 17.9 Å². The van der Waals surface area contributed by atoms with Crippen molar-refractivity contribution in [2.24, 2.45) is 0 Å². The van der Waals surface area contributed by atoms with E-state index in [0.29, 0.717) is 12.2 Å². The lowest BCUT2D eigenvalue weighted by Gasteiger charge is -1.89. The number of hydrogen-bond donors (Lipinski definition) is 1. The van der Waals surface area contributed by atoms with Crippen LogP contribution in [0.25, 0.3) is 0 Å². The minimum atomic E-state index is 0.399. The van der Waals surface area contributed by atoms with Crippen molar-refractivity contribution in [1.29, 1.82) is 5.26 Å². The molecule has 1 aromatic rings. The van der Waals surface area contributed by atoms with E-state index in [1.165, 1.54) is 0 Å². The standard InChI is InChI=1S/C10H9N3/c1-12-5-2-3-9-4-6-13-10(7-9)8-11/h4,6-7,12H,5H2,1H3. The molecule has 0 saturated heterocycles. The molecule has 0 aliphatic carbocycles. The summed E-state index contributed by atoms with van der Waals surface area (Å²) >= 11 is 0. The van der Waals surface area contributed by atoms with E-state index in [9.17, 15) is 0 Å². The molecule has 0 aromatic carbocycles. The molecular weight excluding hydrogens is 162 g/mol. The Hall–Kier alpha value is -1.84. The van der Waals surface area contributed by atoms with E-state index < -0.39 is 0 Å². The molecular formula is C10H9N3. The lowest BCUT2D eigenvalue weighted by molar-refractivity contribution is 0.938. The highest BCUT2D eigenvalue weighted by Gasteiger charge is 1.90. The summed E-state index contributed by atoms with van der Waals surface area (Å²) in [5.41, 5.74) is 1.22. The number of nitrogens with one attached hydrogen (secondary N) is 1. The Balaban J connectivity index is 2.81. The third kappa shape index (κ3) is 2.94. The van der Waals surface area contributed by atoms with Gasteiger partial charge in [0.2, 0.25) is 0 Å². The summed E-state index contributed by atoms with van der Waals surface area (Å²) < 4.78 is 0. The lowest BCUT2D eigenvalue weighted by atomic mass is 10.2. The first-order valence-electron chi connectivity index (χ1n) is 3.86. The van der Waals surface area contributed by atoms with Gasteiger partial charge in [-0.3, -0.25) is 0 Å². The second kappa shape index (κ2) is 4.92. The Morgan fingerprint density at radius 3 is 3.15 bits per heavy atom. The summed E-state index contributed by atoms with van der Waals surface area (Å²) in [6.45, 7) is 0.643. The van der Waals surface area contributed by atoms with Crippen LogP contribution in [0.1, 0.15) is 11.3 Å². The quantitative estimate of drug-likeness (QED) is 0.627. The molecule has 1 rings (SSSR count). The van der Waals surface area contributed by atoms with Crippen LogP contribution in [0.3, 0.4) is 0 Å². The van der Waals surface area contributed by atoms with Crippen LogP contribution in [0.15, 0.2) is 18.3 Å². The highest BCUT2D eigenvalue weighted by atomic mass is 14.8. The molecule has 3 heteroatoms. The van der Waals surface area contributed by atoms with Crippen molar-refractivity contribution in [3.63, 3.8) is 0 Å². The van der Waals surface area contributed by atoms with Gasteiger partial charge in [0.15, 0.2) is 0 Å². The zero-order valence-corrected chi connectivity index (χ0v) is 7.33. The van der Waals surface area contributed by atoms with Crippen LogP contribution in [0.2, 0.25) is 0 Å². The molecule has 3 nitrogen and oxygen atoms in total. The van der Waals surface area contributed by atoms with Crippen molar-refractivity contribution < 1.29 is 0 Å². The third-order valence-corrected chi connectivity index (χ3v) is 1.37. The van der Waals surface area contributed by atoms with E-state index in [1.807, 2.05) is 13.1 Å². The molecule has 0 bridgehead atoms. The normalized spacial score (nSPS) is 8.31. The van der Waals surface area contributed by atoms with Crippen LogP contribution in [-0.4, -0.2) is 18.6 Å². The van der Waals surface area contributed by atoms with Crippen LogP contribution < -0.4 is 5.32 Å². The predicted octanol–water partition coefficient (Wildman–Crippen LogP) is 0.524. The van der Waals surface area contributed by atoms with Gasteiger partial charge in [-0.1, -0.05) is 11.8 Å². The monoisotopic (exact) mass is 171 g/mol. The smallest absolute Gasteiger partial charge is 0.141 e. The number of pyridine rings is 1. The maximum atomic E-state index is 8.56. The van der Waals surface area contributed by atoms with Crippen molar-refractivity contribution in [2.45, 2.75) is 0 Å². The van der Waals surface area contributed by atoms with Crippen LogP contribution in [0.5, 0.6) is 0 Å². The Morgan fingerprint density at radius 1 is 1.62 bits per heavy atom. The lowest BCUT2D eigenvalue weighted by Crippen LogP contribution is -2.04. The second-order valence-electron chi connectivity index (χ2n) is 2.37. The molecule has 0 aliphatic rings. The molecule has 1 aromatic heterocycles. The van der Waals surface area contributed by atoms with E-state index >= 15 is 0 Å². The van der Waals surface area contributed by atoms with Gasteiger partial charge in [-0.25, -0.2) is 4.98 Å². The minimum Gasteiger partial charge on any atom is -0.309 e. The van der Waals surface area contributed by atoms with Gasteiger partial charge in [-0.2, -0.15) is 5.26 Å².